The standard InChI is InChI=1S/C16H16ClNO3S/c1-10(11-3-2-4-13(17)5-11)8-18-15(19)7-14-6-12(9-22-14)16(20)21/h2-6,9-10H,7-8H2,1H3,(H,18,19)(H,20,21). The minimum absolute atomic E-state index is 0.118. The summed E-state index contributed by atoms with van der Waals surface area (Å²) in [5, 5.41) is 13.9. The van der Waals surface area contributed by atoms with Gasteiger partial charge in [-0.1, -0.05) is 30.7 Å². The van der Waals surface area contributed by atoms with Crippen molar-refractivity contribution in [2.24, 2.45) is 0 Å². The predicted octanol–water partition coefficient (Wildman–Crippen LogP) is 3.56. The van der Waals surface area contributed by atoms with E-state index in [0.717, 1.165) is 10.4 Å². The summed E-state index contributed by atoms with van der Waals surface area (Å²) in [5.41, 5.74) is 1.29. The van der Waals surface area contributed by atoms with E-state index >= 15 is 0 Å². The second-order valence-corrected chi connectivity index (χ2v) is 6.48. The lowest BCUT2D eigenvalue weighted by molar-refractivity contribution is -0.120. The fraction of sp³-hybridized carbons (Fsp3) is 0.250. The normalized spacial score (nSPS) is 11.9. The van der Waals surface area contributed by atoms with Crippen LogP contribution >= 0.6 is 22.9 Å². The highest BCUT2D eigenvalue weighted by molar-refractivity contribution is 7.10. The summed E-state index contributed by atoms with van der Waals surface area (Å²) in [6, 6.07) is 9.09. The topological polar surface area (TPSA) is 66.4 Å². The minimum atomic E-state index is -0.975. The third kappa shape index (κ3) is 4.58. The Hall–Kier alpha value is -1.85. The van der Waals surface area contributed by atoms with E-state index in [1.54, 1.807) is 5.38 Å². The molecule has 0 radical (unpaired) electrons. The van der Waals surface area contributed by atoms with Gasteiger partial charge in [0.1, 0.15) is 0 Å². The summed E-state index contributed by atoms with van der Waals surface area (Å²) in [4.78, 5) is 23.5. The van der Waals surface area contributed by atoms with Gasteiger partial charge in [0, 0.05) is 21.8 Å². The molecule has 1 unspecified atom stereocenters. The zero-order valence-corrected chi connectivity index (χ0v) is 13.6. The van der Waals surface area contributed by atoms with E-state index in [4.69, 9.17) is 16.7 Å². The van der Waals surface area contributed by atoms with Gasteiger partial charge in [0.15, 0.2) is 0 Å². The molecule has 0 aliphatic heterocycles. The Bertz CT molecular complexity index is 684. The Morgan fingerprint density at radius 2 is 2.14 bits per heavy atom. The van der Waals surface area contributed by atoms with E-state index in [1.807, 2.05) is 31.2 Å². The number of rotatable bonds is 6. The first-order valence-electron chi connectivity index (χ1n) is 6.78. The molecule has 1 heterocycles. The van der Waals surface area contributed by atoms with Crippen LogP contribution in [0.1, 0.15) is 33.6 Å². The van der Waals surface area contributed by atoms with Gasteiger partial charge in [-0.3, -0.25) is 4.79 Å². The van der Waals surface area contributed by atoms with Crippen molar-refractivity contribution in [3.05, 3.63) is 56.7 Å². The third-order valence-corrected chi connectivity index (χ3v) is 4.43. The van der Waals surface area contributed by atoms with Crippen LogP contribution in [0.5, 0.6) is 0 Å². The van der Waals surface area contributed by atoms with Gasteiger partial charge in [0.05, 0.1) is 12.0 Å². The van der Waals surface area contributed by atoms with Crippen LogP contribution in [-0.2, 0) is 11.2 Å². The summed E-state index contributed by atoms with van der Waals surface area (Å²) in [6.07, 6.45) is 0.195. The lowest BCUT2D eigenvalue weighted by Crippen LogP contribution is -2.28. The summed E-state index contributed by atoms with van der Waals surface area (Å²) >= 11 is 7.23. The van der Waals surface area contributed by atoms with Crippen molar-refractivity contribution in [3.8, 4) is 0 Å². The lowest BCUT2D eigenvalue weighted by Gasteiger charge is -2.13. The molecule has 22 heavy (non-hydrogen) atoms. The quantitative estimate of drug-likeness (QED) is 0.847. The van der Waals surface area contributed by atoms with E-state index in [2.05, 4.69) is 5.32 Å². The third-order valence-electron chi connectivity index (χ3n) is 3.26. The number of hydrogen-bond acceptors (Lipinski definition) is 3. The molecule has 0 spiro atoms. The highest BCUT2D eigenvalue weighted by Crippen LogP contribution is 2.19. The van der Waals surface area contributed by atoms with Gasteiger partial charge >= 0.3 is 5.97 Å². The fourth-order valence-electron chi connectivity index (χ4n) is 2.00. The molecule has 0 bridgehead atoms. The smallest absolute Gasteiger partial charge is 0.336 e. The Kier molecular flexibility index (Phi) is 5.57. The summed E-state index contributed by atoms with van der Waals surface area (Å²) in [7, 11) is 0. The van der Waals surface area contributed by atoms with Crippen LogP contribution in [0.25, 0.3) is 0 Å². The molecule has 1 aromatic carbocycles. The number of hydrogen-bond donors (Lipinski definition) is 2. The highest BCUT2D eigenvalue weighted by Gasteiger charge is 2.12. The molecule has 1 atom stereocenters. The number of carbonyl (C=O) groups excluding carboxylic acids is 1. The number of carboxylic acid groups (broad SMARTS) is 1. The number of amides is 1. The molecule has 2 N–H and O–H groups in total. The van der Waals surface area contributed by atoms with Gasteiger partial charge in [0.2, 0.25) is 5.91 Å². The Morgan fingerprint density at radius 1 is 1.36 bits per heavy atom. The molecule has 1 aromatic heterocycles. The molecular formula is C16H16ClNO3S. The molecule has 4 nitrogen and oxygen atoms in total. The molecule has 0 aliphatic rings. The highest BCUT2D eigenvalue weighted by atomic mass is 35.5. The van der Waals surface area contributed by atoms with Crippen molar-refractivity contribution < 1.29 is 14.7 Å². The first kappa shape index (κ1) is 16.5. The summed E-state index contributed by atoms with van der Waals surface area (Å²) in [5.74, 6) is -0.939. The fourth-order valence-corrected chi connectivity index (χ4v) is 3.06. The van der Waals surface area contributed by atoms with Crippen molar-refractivity contribution in [1.82, 2.24) is 5.32 Å². The van der Waals surface area contributed by atoms with Crippen molar-refractivity contribution in [1.29, 1.82) is 0 Å². The maximum atomic E-state index is 11.9. The molecule has 2 aromatic rings. The number of carbonyl (C=O) groups is 2. The van der Waals surface area contributed by atoms with Crippen molar-refractivity contribution >= 4 is 34.8 Å². The van der Waals surface area contributed by atoms with Crippen LogP contribution in [-0.4, -0.2) is 23.5 Å². The van der Waals surface area contributed by atoms with Gasteiger partial charge in [0.25, 0.3) is 0 Å². The Balaban J connectivity index is 1.85. The van der Waals surface area contributed by atoms with Crippen molar-refractivity contribution in [2.45, 2.75) is 19.3 Å². The maximum Gasteiger partial charge on any atom is 0.336 e. The molecular weight excluding hydrogens is 322 g/mol. The lowest BCUT2D eigenvalue weighted by atomic mass is 10.0. The summed E-state index contributed by atoms with van der Waals surface area (Å²) in [6.45, 7) is 2.52. The van der Waals surface area contributed by atoms with Gasteiger partial charge in [-0.25, -0.2) is 4.79 Å². The van der Waals surface area contributed by atoms with Crippen LogP contribution in [0.3, 0.4) is 0 Å². The number of nitrogens with one attached hydrogen (secondary N) is 1. The number of carboxylic acids is 1. The number of aromatic carboxylic acids is 1. The van der Waals surface area contributed by atoms with Crippen LogP contribution in [0.2, 0.25) is 5.02 Å². The van der Waals surface area contributed by atoms with E-state index in [0.29, 0.717) is 11.6 Å². The molecule has 1 amide bonds. The van der Waals surface area contributed by atoms with Crippen LogP contribution in [0, 0.1) is 0 Å². The van der Waals surface area contributed by atoms with Crippen molar-refractivity contribution in [2.75, 3.05) is 6.54 Å². The monoisotopic (exact) mass is 337 g/mol. The second-order valence-electron chi connectivity index (χ2n) is 5.04. The minimum Gasteiger partial charge on any atom is -0.478 e. The molecule has 2 rings (SSSR count). The molecule has 116 valence electrons. The van der Waals surface area contributed by atoms with Gasteiger partial charge in [-0.2, -0.15) is 0 Å². The van der Waals surface area contributed by atoms with Gasteiger partial charge in [-0.15, -0.1) is 11.3 Å². The van der Waals surface area contributed by atoms with E-state index in [1.165, 1.54) is 17.4 Å². The number of thiophene rings is 1. The van der Waals surface area contributed by atoms with E-state index < -0.39 is 5.97 Å². The van der Waals surface area contributed by atoms with E-state index in [-0.39, 0.29) is 23.8 Å². The first-order valence-corrected chi connectivity index (χ1v) is 8.04. The maximum absolute atomic E-state index is 11.9. The average molecular weight is 338 g/mol. The molecule has 0 fully saturated rings. The first-order chi connectivity index (χ1) is 10.5. The van der Waals surface area contributed by atoms with Crippen LogP contribution < -0.4 is 5.32 Å². The average Bonchev–Trinajstić information content (AvgIpc) is 2.93. The van der Waals surface area contributed by atoms with Crippen molar-refractivity contribution in [3.63, 3.8) is 0 Å². The molecule has 0 saturated heterocycles. The number of halogens is 1. The van der Waals surface area contributed by atoms with Gasteiger partial charge in [-0.05, 0) is 29.7 Å². The predicted molar refractivity (Wildman–Crippen MR) is 87.9 cm³/mol. The second kappa shape index (κ2) is 7.42. The van der Waals surface area contributed by atoms with E-state index in [9.17, 15) is 9.59 Å². The SMILES string of the molecule is CC(CNC(=O)Cc1cc(C(=O)O)cs1)c1cccc(Cl)c1. The largest absolute Gasteiger partial charge is 0.478 e. The number of benzene rings is 1. The molecule has 0 saturated carbocycles. The Morgan fingerprint density at radius 3 is 2.77 bits per heavy atom. The zero-order chi connectivity index (χ0) is 16.1. The van der Waals surface area contributed by atoms with Crippen LogP contribution in [0.15, 0.2) is 35.7 Å². The van der Waals surface area contributed by atoms with Gasteiger partial charge < -0.3 is 10.4 Å². The zero-order valence-electron chi connectivity index (χ0n) is 12.0. The van der Waals surface area contributed by atoms with Crippen LogP contribution in [0.4, 0.5) is 0 Å². The Labute approximate surface area is 137 Å². The summed E-state index contributed by atoms with van der Waals surface area (Å²) < 4.78 is 0. The molecule has 0 aliphatic carbocycles. The molecule has 6 heteroatoms.